The van der Waals surface area contributed by atoms with E-state index in [1.165, 1.54) is 32.1 Å². The maximum Gasteiger partial charge on any atom is 0.0749 e. The summed E-state index contributed by atoms with van der Waals surface area (Å²) in [4.78, 5) is 0. The van der Waals surface area contributed by atoms with Crippen LogP contribution in [0.4, 0.5) is 0 Å². The van der Waals surface area contributed by atoms with Crippen molar-refractivity contribution in [2.24, 2.45) is 23.7 Å². The van der Waals surface area contributed by atoms with Gasteiger partial charge in [-0.25, -0.2) is 0 Å². The van der Waals surface area contributed by atoms with E-state index in [-0.39, 0.29) is 11.2 Å². The van der Waals surface area contributed by atoms with E-state index in [1.54, 1.807) is 0 Å². The first kappa shape index (κ1) is 11.1. The molecule has 0 aromatic carbocycles. The molecule has 92 valence electrons. The number of ether oxygens (including phenoxy) is 1. The molecule has 0 aromatic rings. The zero-order valence-electron chi connectivity index (χ0n) is 11.3. The highest BCUT2D eigenvalue weighted by Gasteiger charge is 2.61. The lowest BCUT2D eigenvalue weighted by molar-refractivity contribution is -0.145. The highest BCUT2D eigenvalue weighted by molar-refractivity contribution is 5.10. The lowest BCUT2D eigenvalue weighted by Crippen LogP contribution is -2.43. The summed E-state index contributed by atoms with van der Waals surface area (Å²) >= 11 is 0. The highest BCUT2D eigenvalue weighted by atomic mass is 16.5. The summed E-state index contributed by atoms with van der Waals surface area (Å²) in [6.07, 6.45) is 6.95. The first-order chi connectivity index (χ1) is 7.46. The topological polar surface area (TPSA) is 9.23 Å². The lowest BCUT2D eigenvalue weighted by atomic mass is 9.77. The van der Waals surface area contributed by atoms with Gasteiger partial charge in [-0.1, -0.05) is 13.8 Å². The van der Waals surface area contributed by atoms with Crippen molar-refractivity contribution in [3.05, 3.63) is 0 Å². The number of rotatable bonds is 0. The maximum atomic E-state index is 6.65. The van der Waals surface area contributed by atoms with Crippen LogP contribution >= 0.6 is 0 Å². The molecule has 1 saturated heterocycles. The Balaban J connectivity index is 2.01. The minimum Gasteiger partial charge on any atom is -0.368 e. The second kappa shape index (κ2) is 3.25. The van der Waals surface area contributed by atoms with Crippen LogP contribution < -0.4 is 0 Å². The fraction of sp³-hybridized carbons (Fsp3) is 1.00. The summed E-state index contributed by atoms with van der Waals surface area (Å²) in [7, 11) is 0. The molecule has 2 bridgehead atoms. The van der Waals surface area contributed by atoms with Gasteiger partial charge >= 0.3 is 0 Å². The first-order valence-corrected chi connectivity index (χ1v) is 7.16. The predicted molar refractivity (Wildman–Crippen MR) is 66.3 cm³/mol. The minimum atomic E-state index is 0.136. The molecule has 1 nitrogen and oxygen atoms in total. The Morgan fingerprint density at radius 2 is 1.75 bits per heavy atom. The van der Waals surface area contributed by atoms with Crippen molar-refractivity contribution >= 4 is 0 Å². The van der Waals surface area contributed by atoms with Gasteiger partial charge in [0.1, 0.15) is 0 Å². The van der Waals surface area contributed by atoms with Crippen LogP contribution in [0.3, 0.4) is 0 Å². The van der Waals surface area contributed by atoms with E-state index < -0.39 is 0 Å². The fourth-order valence-corrected chi connectivity index (χ4v) is 4.94. The number of hydrogen-bond acceptors (Lipinski definition) is 1. The van der Waals surface area contributed by atoms with E-state index in [9.17, 15) is 0 Å². The van der Waals surface area contributed by atoms with Gasteiger partial charge in [-0.15, -0.1) is 0 Å². The molecule has 0 aromatic heterocycles. The molecule has 2 unspecified atom stereocenters. The third kappa shape index (κ3) is 1.27. The molecular formula is C15H26O. The SMILES string of the molecule is C[C@H]1CCC2CC3(OC2(C)C)[C@@H]1CC[C@@H]3C. The Morgan fingerprint density at radius 1 is 1.00 bits per heavy atom. The largest absolute Gasteiger partial charge is 0.368 e. The van der Waals surface area contributed by atoms with Crippen LogP contribution in [0.15, 0.2) is 0 Å². The molecule has 3 aliphatic rings. The zero-order valence-corrected chi connectivity index (χ0v) is 11.3. The van der Waals surface area contributed by atoms with Gasteiger partial charge in [0, 0.05) is 0 Å². The van der Waals surface area contributed by atoms with Gasteiger partial charge in [-0.05, 0) is 69.6 Å². The van der Waals surface area contributed by atoms with Gasteiger partial charge < -0.3 is 4.74 Å². The second-order valence-corrected chi connectivity index (χ2v) is 7.20. The molecule has 1 spiro atoms. The second-order valence-electron chi connectivity index (χ2n) is 7.20. The molecule has 3 fully saturated rings. The summed E-state index contributed by atoms with van der Waals surface area (Å²) in [5, 5.41) is 0. The third-order valence-corrected chi connectivity index (χ3v) is 6.03. The third-order valence-electron chi connectivity index (χ3n) is 6.03. The van der Waals surface area contributed by atoms with Crippen molar-refractivity contribution in [1.29, 1.82) is 0 Å². The van der Waals surface area contributed by atoms with E-state index in [0.717, 1.165) is 23.7 Å². The van der Waals surface area contributed by atoms with Crippen LogP contribution in [0.1, 0.15) is 59.8 Å². The van der Waals surface area contributed by atoms with Crippen molar-refractivity contribution in [2.75, 3.05) is 0 Å². The Hall–Kier alpha value is -0.0400. The van der Waals surface area contributed by atoms with Crippen molar-refractivity contribution in [3.8, 4) is 0 Å². The Labute approximate surface area is 99.9 Å². The van der Waals surface area contributed by atoms with E-state index in [4.69, 9.17) is 4.74 Å². The smallest absolute Gasteiger partial charge is 0.0749 e. The molecule has 1 aliphatic heterocycles. The maximum absolute atomic E-state index is 6.65. The molecule has 1 heterocycles. The van der Waals surface area contributed by atoms with Crippen LogP contribution in [0.25, 0.3) is 0 Å². The molecule has 3 rings (SSSR count). The van der Waals surface area contributed by atoms with Gasteiger partial charge in [-0.2, -0.15) is 0 Å². The van der Waals surface area contributed by atoms with Crippen molar-refractivity contribution in [2.45, 2.75) is 71.0 Å². The van der Waals surface area contributed by atoms with Gasteiger partial charge in [0.2, 0.25) is 0 Å². The molecule has 5 atom stereocenters. The summed E-state index contributed by atoms with van der Waals surface area (Å²) in [5.74, 6) is 3.31. The Morgan fingerprint density at radius 3 is 2.50 bits per heavy atom. The molecule has 0 radical (unpaired) electrons. The van der Waals surface area contributed by atoms with Gasteiger partial charge in [0.25, 0.3) is 0 Å². The fourth-order valence-electron chi connectivity index (χ4n) is 4.94. The van der Waals surface area contributed by atoms with Crippen LogP contribution in [0, 0.1) is 23.7 Å². The van der Waals surface area contributed by atoms with E-state index in [2.05, 4.69) is 27.7 Å². The van der Waals surface area contributed by atoms with Crippen LogP contribution in [-0.4, -0.2) is 11.2 Å². The van der Waals surface area contributed by atoms with Crippen molar-refractivity contribution < 1.29 is 4.74 Å². The Bertz CT molecular complexity index is 296. The zero-order chi connectivity index (χ0) is 11.6. The minimum absolute atomic E-state index is 0.136. The molecule has 2 saturated carbocycles. The molecule has 1 heteroatoms. The first-order valence-electron chi connectivity index (χ1n) is 7.16. The number of hydrogen-bond donors (Lipinski definition) is 0. The molecule has 2 aliphatic carbocycles. The average Bonchev–Trinajstić information content (AvgIpc) is 2.57. The van der Waals surface area contributed by atoms with Crippen molar-refractivity contribution in [3.63, 3.8) is 0 Å². The normalized spacial score (nSPS) is 54.8. The summed E-state index contributed by atoms with van der Waals surface area (Å²) in [6.45, 7) is 9.53. The van der Waals surface area contributed by atoms with E-state index >= 15 is 0 Å². The average molecular weight is 222 g/mol. The van der Waals surface area contributed by atoms with E-state index in [0.29, 0.717) is 0 Å². The molecular weight excluding hydrogens is 196 g/mol. The van der Waals surface area contributed by atoms with Crippen LogP contribution in [0.5, 0.6) is 0 Å². The predicted octanol–water partition coefficient (Wildman–Crippen LogP) is 4.02. The van der Waals surface area contributed by atoms with Crippen LogP contribution in [0.2, 0.25) is 0 Å². The Kier molecular flexibility index (Phi) is 2.25. The van der Waals surface area contributed by atoms with Gasteiger partial charge in [-0.3, -0.25) is 0 Å². The summed E-state index contributed by atoms with van der Waals surface area (Å²) < 4.78 is 6.65. The summed E-state index contributed by atoms with van der Waals surface area (Å²) in [6, 6.07) is 0. The molecule has 0 N–H and O–H groups in total. The highest BCUT2D eigenvalue weighted by Crippen LogP contribution is 2.61. The lowest BCUT2D eigenvalue weighted by Gasteiger charge is -2.40. The molecule has 16 heavy (non-hydrogen) atoms. The summed E-state index contributed by atoms with van der Waals surface area (Å²) in [5.41, 5.74) is 0.390. The molecule has 0 amide bonds. The van der Waals surface area contributed by atoms with Gasteiger partial charge in [0.05, 0.1) is 11.2 Å². The van der Waals surface area contributed by atoms with Crippen LogP contribution in [-0.2, 0) is 4.74 Å². The van der Waals surface area contributed by atoms with E-state index in [1.807, 2.05) is 0 Å². The monoisotopic (exact) mass is 222 g/mol. The number of fused-ring (bicyclic) bond motifs is 1. The van der Waals surface area contributed by atoms with Crippen molar-refractivity contribution in [1.82, 2.24) is 0 Å². The van der Waals surface area contributed by atoms with Gasteiger partial charge in [0.15, 0.2) is 0 Å². The standard InChI is InChI=1S/C15H26O/c1-10-5-7-12-9-15(16-14(12,3)4)11(2)6-8-13(10)15/h10-13H,5-9H2,1-4H3/t10-,11-,12?,13+,15?/m0/s1. The quantitative estimate of drug-likeness (QED) is 0.601.